The molecule has 0 spiro atoms. The molecule has 0 fully saturated rings. The Morgan fingerprint density at radius 1 is 1.44 bits per heavy atom. The van der Waals surface area contributed by atoms with E-state index in [-0.39, 0.29) is 17.1 Å². The molecule has 0 radical (unpaired) electrons. The Morgan fingerprint density at radius 3 is 2.67 bits per heavy atom. The van der Waals surface area contributed by atoms with E-state index >= 15 is 0 Å². The fourth-order valence-corrected chi connectivity index (χ4v) is 1.65. The summed E-state index contributed by atoms with van der Waals surface area (Å²) >= 11 is 0. The summed E-state index contributed by atoms with van der Waals surface area (Å²) in [7, 11) is 0. The maximum atomic E-state index is 12.5. The average Bonchev–Trinajstić information content (AvgIpc) is 2.32. The Morgan fingerprint density at radius 2 is 2.11 bits per heavy atom. The van der Waals surface area contributed by atoms with Crippen LogP contribution < -0.4 is 11.2 Å². The van der Waals surface area contributed by atoms with E-state index in [1.165, 1.54) is 6.07 Å². The molecule has 1 aliphatic rings. The van der Waals surface area contributed by atoms with Crippen LogP contribution in [0.15, 0.2) is 18.2 Å². The van der Waals surface area contributed by atoms with Crippen LogP contribution in [0.3, 0.4) is 0 Å². The van der Waals surface area contributed by atoms with Crippen LogP contribution in [0.1, 0.15) is 11.1 Å². The van der Waals surface area contributed by atoms with Crippen molar-refractivity contribution in [3.63, 3.8) is 0 Å². The van der Waals surface area contributed by atoms with Gasteiger partial charge in [0.1, 0.15) is 5.84 Å². The fourth-order valence-electron chi connectivity index (χ4n) is 1.65. The van der Waals surface area contributed by atoms with Gasteiger partial charge in [-0.05, 0) is 18.2 Å². The molecule has 1 aromatic rings. The van der Waals surface area contributed by atoms with E-state index in [9.17, 15) is 18.0 Å². The predicted molar refractivity (Wildman–Crippen MR) is 57.8 cm³/mol. The highest BCUT2D eigenvalue weighted by Crippen LogP contribution is 2.33. The number of carbonyl (C=O) groups excluding carboxylic acids is 1. The summed E-state index contributed by atoms with van der Waals surface area (Å²) in [5.74, 6) is 5.10. The van der Waals surface area contributed by atoms with Crippen LogP contribution >= 0.6 is 0 Å². The maximum Gasteiger partial charge on any atom is 0.416 e. The van der Waals surface area contributed by atoms with Gasteiger partial charge in [-0.15, -0.1) is 0 Å². The second kappa shape index (κ2) is 3.98. The SMILES string of the molecule is N=C1c2cc(C(F)(F)F)ccc2NC(C=O)N1N. The van der Waals surface area contributed by atoms with Gasteiger partial charge in [-0.1, -0.05) is 0 Å². The molecule has 5 nitrogen and oxygen atoms in total. The highest BCUT2D eigenvalue weighted by Gasteiger charge is 2.34. The molecule has 8 heteroatoms. The molecule has 0 saturated carbocycles. The Labute approximate surface area is 99.8 Å². The zero-order chi connectivity index (χ0) is 13.5. The first-order valence-corrected chi connectivity index (χ1v) is 4.90. The number of alkyl halides is 3. The van der Waals surface area contributed by atoms with Crippen molar-refractivity contribution in [2.45, 2.75) is 12.3 Å². The number of fused-ring (bicyclic) bond motifs is 1. The van der Waals surface area contributed by atoms with Crippen molar-refractivity contribution in [1.29, 1.82) is 5.41 Å². The number of benzene rings is 1. The highest BCUT2D eigenvalue weighted by atomic mass is 19.4. The van der Waals surface area contributed by atoms with E-state index in [0.29, 0.717) is 6.29 Å². The van der Waals surface area contributed by atoms with E-state index in [4.69, 9.17) is 11.3 Å². The number of anilines is 1. The van der Waals surface area contributed by atoms with Gasteiger partial charge >= 0.3 is 6.18 Å². The van der Waals surface area contributed by atoms with Crippen molar-refractivity contribution in [1.82, 2.24) is 5.01 Å². The molecule has 1 heterocycles. The van der Waals surface area contributed by atoms with Crippen LogP contribution in [-0.4, -0.2) is 23.3 Å². The minimum atomic E-state index is -4.49. The molecule has 1 unspecified atom stereocenters. The molecule has 1 aromatic carbocycles. The maximum absolute atomic E-state index is 12.5. The monoisotopic (exact) mass is 258 g/mol. The quantitative estimate of drug-likeness (QED) is 0.521. The molecule has 0 bridgehead atoms. The Bertz CT molecular complexity index is 514. The lowest BCUT2D eigenvalue weighted by molar-refractivity contribution is -0.137. The molecule has 1 aliphatic heterocycles. The Balaban J connectivity index is 2.49. The fraction of sp³-hybridized carbons (Fsp3) is 0.200. The summed E-state index contributed by atoms with van der Waals surface area (Å²) in [6.07, 6.45) is -4.98. The lowest BCUT2D eigenvalue weighted by Crippen LogP contribution is -2.53. The topological polar surface area (TPSA) is 82.2 Å². The third-order valence-electron chi connectivity index (χ3n) is 2.59. The summed E-state index contributed by atoms with van der Waals surface area (Å²) in [6.45, 7) is 0. The first-order chi connectivity index (χ1) is 8.34. The molecule has 0 aliphatic carbocycles. The van der Waals surface area contributed by atoms with Crippen LogP contribution in [0.4, 0.5) is 18.9 Å². The largest absolute Gasteiger partial charge is 0.416 e. The molecule has 96 valence electrons. The third kappa shape index (κ3) is 1.90. The first kappa shape index (κ1) is 12.4. The van der Waals surface area contributed by atoms with Gasteiger partial charge in [0.15, 0.2) is 12.5 Å². The Kier molecular flexibility index (Phi) is 2.74. The van der Waals surface area contributed by atoms with Crippen molar-refractivity contribution in [3.05, 3.63) is 29.3 Å². The van der Waals surface area contributed by atoms with Crippen molar-refractivity contribution >= 4 is 17.8 Å². The van der Waals surface area contributed by atoms with Gasteiger partial charge in [-0.2, -0.15) is 13.2 Å². The molecule has 0 amide bonds. The standard InChI is InChI=1S/C10H9F3N4O/c11-10(12,13)5-1-2-7-6(3-5)9(14)17(15)8(4-18)16-7/h1-4,8,14,16H,15H2. The third-order valence-corrected chi connectivity index (χ3v) is 2.59. The molecule has 0 saturated heterocycles. The summed E-state index contributed by atoms with van der Waals surface area (Å²) in [5, 5.41) is 11.0. The smallest absolute Gasteiger partial charge is 0.358 e. The van der Waals surface area contributed by atoms with E-state index in [1.54, 1.807) is 0 Å². The second-order valence-electron chi connectivity index (χ2n) is 3.74. The van der Waals surface area contributed by atoms with Gasteiger partial charge in [-0.3, -0.25) is 15.2 Å². The number of hydrogen-bond donors (Lipinski definition) is 3. The number of nitrogens with one attached hydrogen (secondary N) is 2. The number of halogens is 3. The number of rotatable bonds is 1. The van der Waals surface area contributed by atoms with Crippen LogP contribution in [0.5, 0.6) is 0 Å². The van der Waals surface area contributed by atoms with Gasteiger partial charge in [0, 0.05) is 11.3 Å². The van der Waals surface area contributed by atoms with Crippen LogP contribution in [0.2, 0.25) is 0 Å². The molecule has 1 atom stereocenters. The molecule has 4 N–H and O–H groups in total. The van der Waals surface area contributed by atoms with Gasteiger partial charge in [-0.25, -0.2) is 5.84 Å². The minimum absolute atomic E-state index is 0.00502. The summed E-state index contributed by atoms with van der Waals surface area (Å²) in [4.78, 5) is 10.7. The summed E-state index contributed by atoms with van der Waals surface area (Å²) in [5.41, 5.74) is -0.594. The zero-order valence-electron chi connectivity index (χ0n) is 8.95. The van der Waals surface area contributed by atoms with Gasteiger partial charge < -0.3 is 5.32 Å². The number of nitrogens with zero attached hydrogens (tertiary/aromatic N) is 1. The molecular formula is C10H9F3N4O. The second-order valence-corrected chi connectivity index (χ2v) is 3.74. The number of carbonyl (C=O) groups is 1. The number of hydrogen-bond acceptors (Lipinski definition) is 4. The number of amidine groups is 1. The van der Waals surface area contributed by atoms with E-state index in [0.717, 1.165) is 17.1 Å². The summed E-state index contributed by atoms with van der Waals surface area (Å²) < 4.78 is 37.6. The van der Waals surface area contributed by atoms with E-state index in [1.807, 2.05) is 0 Å². The van der Waals surface area contributed by atoms with Crippen LogP contribution in [0, 0.1) is 5.41 Å². The highest BCUT2D eigenvalue weighted by molar-refractivity contribution is 6.04. The molecule has 2 rings (SSSR count). The predicted octanol–water partition coefficient (Wildman–Crippen LogP) is 1.16. The van der Waals surface area contributed by atoms with Gasteiger partial charge in [0.2, 0.25) is 0 Å². The first-order valence-electron chi connectivity index (χ1n) is 4.90. The number of aldehydes is 1. The van der Waals surface area contributed by atoms with Gasteiger partial charge in [0.25, 0.3) is 0 Å². The lowest BCUT2D eigenvalue weighted by Gasteiger charge is -2.33. The summed E-state index contributed by atoms with van der Waals surface area (Å²) in [6, 6.07) is 2.88. The zero-order valence-corrected chi connectivity index (χ0v) is 8.95. The van der Waals surface area contributed by atoms with Crippen molar-refractivity contribution in [2.75, 3.05) is 5.32 Å². The van der Waals surface area contributed by atoms with E-state index in [2.05, 4.69) is 5.32 Å². The van der Waals surface area contributed by atoms with Crippen LogP contribution in [-0.2, 0) is 11.0 Å². The molecule has 0 aromatic heterocycles. The Hall–Kier alpha value is -2.09. The van der Waals surface area contributed by atoms with E-state index < -0.39 is 17.9 Å². The van der Waals surface area contributed by atoms with Crippen LogP contribution in [0.25, 0.3) is 0 Å². The minimum Gasteiger partial charge on any atom is -0.358 e. The van der Waals surface area contributed by atoms with Crippen molar-refractivity contribution in [2.24, 2.45) is 5.84 Å². The molecular weight excluding hydrogens is 249 g/mol. The lowest BCUT2D eigenvalue weighted by atomic mass is 10.0. The number of hydrazine groups is 1. The normalized spacial score (nSPS) is 19.2. The van der Waals surface area contributed by atoms with Crippen molar-refractivity contribution < 1.29 is 18.0 Å². The molecule has 18 heavy (non-hydrogen) atoms. The van der Waals surface area contributed by atoms with Crippen molar-refractivity contribution in [3.8, 4) is 0 Å². The van der Waals surface area contributed by atoms with Gasteiger partial charge in [0.05, 0.1) is 5.56 Å². The average molecular weight is 258 g/mol. The number of nitrogens with two attached hydrogens (primary N) is 1.